The van der Waals surface area contributed by atoms with Crippen LogP contribution >= 0.6 is 0 Å². The predicted octanol–water partition coefficient (Wildman–Crippen LogP) is 4.22. The number of rotatable bonds is 3. The Morgan fingerprint density at radius 1 is 0.792 bits per heavy atom. The van der Waals surface area contributed by atoms with Crippen molar-refractivity contribution >= 4 is 16.9 Å². The highest BCUT2D eigenvalue weighted by Gasteiger charge is 2.31. The van der Waals surface area contributed by atoms with Crippen LogP contribution in [0.5, 0.6) is 0 Å². The van der Waals surface area contributed by atoms with E-state index in [0.717, 1.165) is 16.7 Å². The lowest BCUT2D eigenvalue weighted by atomic mass is 9.94. The molecule has 0 radical (unpaired) electrons. The predicted molar refractivity (Wildman–Crippen MR) is 92.2 cm³/mol. The molecule has 24 heavy (non-hydrogen) atoms. The van der Waals surface area contributed by atoms with Gasteiger partial charge in [0, 0.05) is 33.8 Å². The summed E-state index contributed by atoms with van der Waals surface area (Å²) in [6, 6.07) is 7.73. The lowest BCUT2D eigenvalue weighted by molar-refractivity contribution is 0.447. The van der Waals surface area contributed by atoms with E-state index in [1.165, 1.54) is 9.80 Å². The van der Waals surface area contributed by atoms with Gasteiger partial charge in [0.1, 0.15) is 0 Å². The highest BCUT2D eigenvalue weighted by molar-refractivity contribution is 5.96. The van der Waals surface area contributed by atoms with Crippen molar-refractivity contribution in [2.24, 2.45) is 0 Å². The van der Waals surface area contributed by atoms with Crippen LogP contribution < -0.4 is 9.80 Å². The molecule has 126 valence electrons. The van der Waals surface area contributed by atoms with Crippen molar-refractivity contribution in [3.8, 4) is 0 Å². The first-order valence-electron chi connectivity index (χ1n) is 7.68. The van der Waals surface area contributed by atoms with Crippen molar-refractivity contribution in [1.29, 1.82) is 0 Å². The molecule has 2 aromatic rings. The summed E-state index contributed by atoms with van der Waals surface area (Å²) in [5, 5.41) is 0. The van der Waals surface area contributed by atoms with Gasteiger partial charge in [-0.25, -0.2) is 13.2 Å². The van der Waals surface area contributed by atoms with Crippen LogP contribution in [-0.4, -0.2) is 28.2 Å². The van der Waals surface area contributed by atoms with Crippen molar-refractivity contribution in [3.63, 3.8) is 0 Å². The largest absolute Gasteiger partial charge is 0.375 e. The highest BCUT2D eigenvalue weighted by atomic mass is 19.2. The van der Waals surface area contributed by atoms with E-state index in [0.29, 0.717) is 12.0 Å². The van der Waals surface area contributed by atoms with Gasteiger partial charge in [-0.3, -0.25) is 0 Å². The summed E-state index contributed by atoms with van der Waals surface area (Å²) >= 11 is 0. The first kappa shape index (κ1) is 16.4. The Morgan fingerprint density at radius 2 is 1.33 bits per heavy atom. The third-order valence-corrected chi connectivity index (χ3v) is 4.27. The molecule has 0 amide bonds. The molecule has 2 aromatic carbocycles. The van der Waals surface area contributed by atoms with Crippen molar-refractivity contribution in [2.45, 2.75) is 6.42 Å². The summed E-state index contributed by atoms with van der Waals surface area (Å²) in [5.74, 6) is -3.77. The Kier molecular flexibility index (Phi) is 4.03. The van der Waals surface area contributed by atoms with Crippen molar-refractivity contribution in [1.82, 2.24) is 0 Å². The molecule has 5 heteroatoms. The molecule has 0 saturated heterocycles. The Labute approximate surface area is 139 Å². The van der Waals surface area contributed by atoms with Crippen LogP contribution in [-0.2, 0) is 6.42 Å². The number of halogens is 3. The molecule has 0 aliphatic heterocycles. The van der Waals surface area contributed by atoms with Gasteiger partial charge in [-0.1, -0.05) is 30.3 Å². The maximum Gasteiger partial charge on any atom is 0.198 e. The molecule has 0 aromatic heterocycles. The average molecular weight is 332 g/mol. The molecule has 1 aliphatic carbocycles. The number of anilines is 2. The zero-order valence-corrected chi connectivity index (χ0v) is 14.1. The Hall–Kier alpha value is -2.43. The van der Waals surface area contributed by atoms with E-state index < -0.39 is 17.5 Å². The molecule has 0 fully saturated rings. The summed E-state index contributed by atoms with van der Waals surface area (Å²) in [4.78, 5) is 2.98. The van der Waals surface area contributed by atoms with Gasteiger partial charge in [0.2, 0.25) is 0 Å². The maximum atomic E-state index is 14.5. The molecule has 2 nitrogen and oxygen atoms in total. The van der Waals surface area contributed by atoms with Gasteiger partial charge < -0.3 is 9.80 Å². The third-order valence-electron chi connectivity index (χ3n) is 4.27. The minimum absolute atomic E-state index is 0.0561. The molecular weight excluding hydrogens is 313 g/mol. The number of allylic oxidation sites excluding steroid dienone is 1. The SMILES string of the molecule is CN(C)c1c(F)c(F)c(F)c(N(C)C)c1C1=CCc2ccccc21. The first-order chi connectivity index (χ1) is 11.3. The summed E-state index contributed by atoms with van der Waals surface area (Å²) < 4.78 is 43.2. The number of fused-ring (bicyclic) bond motifs is 1. The quantitative estimate of drug-likeness (QED) is 0.777. The van der Waals surface area contributed by atoms with Crippen molar-refractivity contribution < 1.29 is 13.2 Å². The molecule has 0 unspecified atom stereocenters. The minimum atomic E-state index is -1.45. The second kappa shape index (κ2) is 5.89. The second-order valence-corrected chi connectivity index (χ2v) is 6.28. The van der Waals surface area contributed by atoms with Gasteiger partial charge >= 0.3 is 0 Å². The number of hydrogen-bond donors (Lipinski definition) is 0. The van der Waals surface area contributed by atoms with Crippen LogP contribution in [0.4, 0.5) is 24.5 Å². The zero-order chi connectivity index (χ0) is 17.6. The van der Waals surface area contributed by atoms with Gasteiger partial charge in [-0.15, -0.1) is 0 Å². The maximum absolute atomic E-state index is 14.5. The Balaban J connectivity index is 2.39. The molecule has 3 rings (SSSR count). The highest BCUT2D eigenvalue weighted by Crippen LogP contribution is 2.45. The first-order valence-corrected chi connectivity index (χ1v) is 7.68. The third kappa shape index (κ3) is 2.35. The van der Waals surface area contributed by atoms with Gasteiger partial charge in [0.05, 0.1) is 11.4 Å². The topological polar surface area (TPSA) is 6.48 Å². The van der Waals surface area contributed by atoms with E-state index in [4.69, 9.17) is 0 Å². The normalized spacial score (nSPS) is 12.9. The van der Waals surface area contributed by atoms with Gasteiger partial charge in [-0.2, -0.15) is 0 Å². The standard InChI is InChI=1S/C19H19F3N2/c1-23(2)18-14(13-10-9-11-7-5-6-8-12(11)13)19(24(3)4)17(22)15(20)16(18)21/h5-8,10H,9H2,1-4H3. The molecule has 0 saturated carbocycles. The molecule has 0 spiro atoms. The van der Waals surface area contributed by atoms with Gasteiger partial charge in [-0.05, 0) is 23.1 Å². The van der Waals surface area contributed by atoms with Crippen LogP contribution in [0.2, 0.25) is 0 Å². The van der Waals surface area contributed by atoms with Gasteiger partial charge in [0.25, 0.3) is 0 Å². The van der Waals surface area contributed by atoms with Crippen molar-refractivity contribution in [2.75, 3.05) is 38.0 Å². The zero-order valence-electron chi connectivity index (χ0n) is 14.1. The number of nitrogens with zero attached hydrogens (tertiary/aromatic N) is 2. The molecule has 0 bridgehead atoms. The molecular formula is C19H19F3N2. The smallest absolute Gasteiger partial charge is 0.198 e. The Bertz CT molecular complexity index is 804. The van der Waals surface area contributed by atoms with Gasteiger partial charge in [0.15, 0.2) is 17.5 Å². The van der Waals surface area contributed by atoms with E-state index in [2.05, 4.69) is 0 Å². The van der Waals surface area contributed by atoms with Crippen LogP contribution in [0.1, 0.15) is 16.7 Å². The minimum Gasteiger partial charge on any atom is -0.375 e. The van der Waals surface area contributed by atoms with Crippen LogP contribution in [0, 0.1) is 17.5 Å². The lowest BCUT2D eigenvalue weighted by Crippen LogP contribution is -2.21. The molecule has 0 atom stereocenters. The lowest BCUT2D eigenvalue weighted by Gasteiger charge is -2.27. The number of hydrogen-bond acceptors (Lipinski definition) is 2. The van der Waals surface area contributed by atoms with E-state index in [1.54, 1.807) is 28.2 Å². The summed E-state index contributed by atoms with van der Waals surface area (Å²) in [6.07, 6.45) is 2.63. The van der Waals surface area contributed by atoms with E-state index in [9.17, 15) is 13.2 Å². The van der Waals surface area contributed by atoms with Crippen LogP contribution in [0.15, 0.2) is 30.3 Å². The molecule has 0 heterocycles. The summed E-state index contributed by atoms with van der Waals surface area (Å²) in [6.45, 7) is 0. The van der Waals surface area contributed by atoms with E-state index in [-0.39, 0.29) is 11.4 Å². The van der Waals surface area contributed by atoms with E-state index in [1.807, 2.05) is 30.3 Å². The fourth-order valence-electron chi connectivity index (χ4n) is 3.25. The summed E-state index contributed by atoms with van der Waals surface area (Å²) in [5.41, 5.74) is 3.24. The molecule has 1 aliphatic rings. The van der Waals surface area contributed by atoms with Crippen molar-refractivity contribution in [3.05, 3.63) is 64.5 Å². The Morgan fingerprint density at radius 3 is 1.88 bits per heavy atom. The van der Waals surface area contributed by atoms with E-state index >= 15 is 0 Å². The van der Waals surface area contributed by atoms with Crippen LogP contribution in [0.3, 0.4) is 0 Å². The monoisotopic (exact) mass is 332 g/mol. The fraction of sp³-hybridized carbons (Fsp3) is 0.263. The number of benzene rings is 2. The average Bonchev–Trinajstić information content (AvgIpc) is 2.95. The van der Waals surface area contributed by atoms with Crippen LogP contribution in [0.25, 0.3) is 5.57 Å². The molecule has 0 N–H and O–H groups in total. The fourth-order valence-corrected chi connectivity index (χ4v) is 3.25. The summed E-state index contributed by atoms with van der Waals surface area (Å²) in [7, 11) is 6.50. The second-order valence-electron chi connectivity index (χ2n) is 6.28.